The first-order valence-corrected chi connectivity index (χ1v) is 8.82. The lowest BCUT2D eigenvalue weighted by Gasteiger charge is -2.11. The van der Waals surface area contributed by atoms with Crippen molar-refractivity contribution in [2.24, 2.45) is 0 Å². The van der Waals surface area contributed by atoms with Gasteiger partial charge in [0.15, 0.2) is 0 Å². The smallest absolute Gasteiger partial charge is 0.266 e. The van der Waals surface area contributed by atoms with E-state index in [1.807, 2.05) is 6.07 Å². The van der Waals surface area contributed by atoms with Gasteiger partial charge in [-0.2, -0.15) is 15.0 Å². The Hall–Kier alpha value is -3.15. The summed E-state index contributed by atoms with van der Waals surface area (Å²) >= 11 is 7.10. The number of hydrogen-bond acceptors (Lipinski definition) is 6. The van der Waals surface area contributed by atoms with Crippen LogP contribution in [0.25, 0.3) is 5.69 Å². The summed E-state index contributed by atoms with van der Waals surface area (Å²) in [5, 5.41) is 25.5. The van der Waals surface area contributed by atoms with Gasteiger partial charge in [-0.3, -0.25) is 14.9 Å². The molecule has 2 aromatic carbocycles. The molecule has 1 aromatic heterocycles. The molecule has 0 aliphatic rings. The highest BCUT2D eigenvalue weighted by Crippen LogP contribution is 2.30. The minimum Gasteiger partial charge on any atom is -0.266 e. The first-order valence-electron chi connectivity index (χ1n) is 7.63. The van der Waals surface area contributed by atoms with Crippen LogP contribution in [-0.2, 0) is 0 Å². The minimum atomic E-state index is -0.523. The van der Waals surface area contributed by atoms with Crippen molar-refractivity contribution in [1.29, 1.82) is 5.26 Å². The van der Waals surface area contributed by atoms with Crippen molar-refractivity contribution in [3.63, 3.8) is 0 Å². The minimum absolute atomic E-state index is 0.00985. The summed E-state index contributed by atoms with van der Waals surface area (Å²) in [5.41, 5.74) is 0.380. The van der Waals surface area contributed by atoms with Gasteiger partial charge in [0, 0.05) is 27.6 Å². The van der Waals surface area contributed by atoms with Gasteiger partial charge in [-0.15, -0.1) is 0 Å². The first kappa shape index (κ1) is 18.6. The highest BCUT2D eigenvalue weighted by molar-refractivity contribution is 7.99. The van der Waals surface area contributed by atoms with Gasteiger partial charge >= 0.3 is 0 Å². The van der Waals surface area contributed by atoms with E-state index in [-0.39, 0.29) is 11.3 Å². The molecule has 0 fully saturated rings. The van der Waals surface area contributed by atoms with E-state index in [0.717, 1.165) is 4.68 Å². The Morgan fingerprint density at radius 1 is 1.19 bits per heavy atom. The molecule has 0 N–H and O–H groups in total. The number of hydrogen-bond donors (Lipinski definition) is 0. The SMILES string of the molecule is Cc1c(Sc2ccc([N+](=O)[O-])cc2)nn(-c2ccc(Cl)cc2)c(=O)c1C#N. The van der Waals surface area contributed by atoms with Crippen molar-refractivity contribution in [3.8, 4) is 11.8 Å². The lowest BCUT2D eigenvalue weighted by Crippen LogP contribution is -2.25. The number of non-ortho nitro benzene ring substituents is 1. The first-order chi connectivity index (χ1) is 12.9. The molecule has 1 heterocycles. The molecule has 7 nitrogen and oxygen atoms in total. The second-order valence-electron chi connectivity index (χ2n) is 5.46. The van der Waals surface area contributed by atoms with E-state index in [4.69, 9.17) is 11.6 Å². The Bertz CT molecular complexity index is 1120. The fourth-order valence-electron chi connectivity index (χ4n) is 2.32. The summed E-state index contributed by atoms with van der Waals surface area (Å²) in [4.78, 5) is 23.6. The lowest BCUT2D eigenvalue weighted by atomic mass is 10.2. The van der Waals surface area contributed by atoms with Crippen LogP contribution in [0.15, 0.2) is 63.2 Å². The molecule has 9 heteroatoms. The van der Waals surface area contributed by atoms with Crippen LogP contribution in [0, 0.1) is 28.4 Å². The van der Waals surface area contributed by atoms with Gasteiger partial charge < -0.3 is 0 Å². The molecule has 0 amide bonds. The van der Waals surface area contributed by atoms with Crippen molar-refractivity contribution >= 4 is 29.1 Å². The average molecular weight is 399 g/mol. The van der Waals surface area contributed by atoms with Gasteiger partial charge in [-0.05, 0) is 43.3 Å². The summed E-state index contributed by atoms with van der Waals surface area (Å²) in [5.74, 6) is 0. The van der Waals surface area contributed by atoms with Gasteiger partial charge in [0.25, 0.3) is 11.2 Å². The van der Waals surface area contributed by atoms with Gasteiger partial charge in [0.05, 0.1) is 10.6 Å². The average Bonchev–Trinajstić information content (AvgIpc) is 2.66. The van der Waals surface area contributed by atoms with Gasteiger partial charge in [-0.1, -0.05) is 23.4 Å². The largest absolute Gasteiger partial charge is 0.289 e. The fraction of sp³-hybridized carbons (Fsp3) is 0.0556. The molecule has 0 saturated heterocycles. The Balaban J connectivity index is 2.08. The fourth-order valence-corrected chi connectivity index (χ4v) is 3.32. The van der Waals surface area contributed by atoms with Crippen LogP contribution in [0.4, 0.5) is 5.69 Å². The van der Waals surface area contributed by atoms with E-state index in [1.54, 1.807) is 43.3 Å². The standard InChI is InChI=1S/C18H11ClN4O3S/c1-11-16(10-20)18(24)22(13-4-2-12(19)3-5-13)21-17(11)27-15-8-6-14(7-9-15)23(25)26/h2-9H,1H3. The second-order valence-corrected chi connectivity index (χ2v) is 6.96. The zero-order valence-corrected chi connectivity index (χ0v) is 15.5. The predicted molar refractivity (Wildman–Crippen MR) is 102 cm³/mol. The maximum atomic E-state index is 12.6. The Morgan fingerprint density at radius 2 is 1.81 bits per heavy atom. The van der Waals surface area contributed by atoms with Crippen LogP contribution in [0.3, 0.4) is 0 Å². The maximum Gasteiger partial charge on any atom is 0.289 e. The van der Waals surface area contributed by atoms with Crippen LogP contribution in [-0.4, -0.2) is 14.7 Å². The molecule has 27 heavy (non-hydrogen) atoms. The van der Waals surface area contributed by atoms with E-state index < -0.39 is 10.5 Å². The Labute approximate surface area is 163 Å². The highest BCUT2D eigenvalue weighted by Gasteiger charge is 2.16. The number of nitro groups is 1. The van der Waals surface area contributed by atoms with Crippen molar-refractivity contribution in [1.82, 2.24) is 9.78 Å². The van der Waals surface area contributed by atoms with Crippen molar-refractivity contribution in [3.05, 3.63) is 85.1 Å². The maximum absolute atomic E-state index is 12.6. The monoisotopic (exact) mass is 398 g/mol. The molecule has 0 unspecified atom stereocenters. The molecule has 134 valence electrons. The summed E-state index contributed by atoms with van der Waals surface area (Å²) in [6, 6.07) is 14.4. The molecule has 0 spiro atoms. The summed E-state index contributed by atoms with van der Waals surface area (Å²) < 4.78 is 1.15. The molecule has 0 aliphatic carbocycles. The van der Waals surface area contributed by atoms with Crippen LogP contribution < -0.4 is 5.56 Å². The topological polar surface area (TPSA) is 102 Å². The van der Waals surface area contributed by atoms with Crippen LogP contribution in [0.5, 0.6) is 0 Å². The summed E-state index contributed by atoms with van der Waals surface area (Å²) in [7, 11) is 0. The molecule has 0 atom stereocenters. The zero-order valence-electron chi connectivity index (χ0n) is 13.9. The highest BCUT2D eigenvalue weighted by atomic mass is 35.5. The predicted octanol–water partition coefficient (Wildman–Crippen LogP) is 4.13. The second kappa shape index (κ2) is 7.61. The molecule has 0 radical (unpaired) electrons. The zero-order chi connectivity index (χ0) is 19.6. The Morgan fingerprint density at radius 3 is 2.37 bits per heavy atom. The van der Waals surface area contributed by atoms with E-state index in [9.17, 15) is 20.2 Å². The molecule has 0 saturated carbocycles. The molecule has 3 aromatic rings. The molecular formula is C18H11ClN4O3S. The number of halogens is 1. The van der Waals surface area contributed by atoms with E-state index in [0.29, 0.717) is 26.2 Å². The number of rotatable bonds is 4. The molecule has 0 aliphatic heterocycles. The van der Waals surface area contributed by atoms with Gasteiger partial charge in [-0.25, -0.2) is 0 Å². The number of nitriles is 1. The summed E-state index contributed by atoms with van der Waals surface area (Å²) in [6.45, 7) is 1.65. The van der Waals surface area contributed by atoms with Crippen LogP contribution in [0.2, 0.25) is 5.02 Å². The Kier molecular flexibility index (Phi) is 5.26. The third kappa shape index (κ3) is 3.84. The third-order valence-corrected chi connectivity index (χ3v) is 5.08. The number of aromatic nitrogens is 2. The van der Waals surface area contributed by atoms with Crippen molar-refractivity contribution in [2.45, 2.75) is 16.8 Å². The van der Waals surface area contributed by atoms with Crippen molar-refractivity contribution < 1.29 is 4.92 Å². The normalized spacial score (nSPS) is 10.4. The van der Waals surface area contributed by atoms with Crippen LogP contribution in [0.1, 0.15) is 11.1 Å². The summed E-state index contributed by atoms with van der Waals surface area (Å²) in [6.07, 6.45) is 0. The third-order valence-electron chi connectivity index (χ3n) is 3.74. The number of benzene rings is 2. The van der Waals surface area contributed by atoms with Gasteiger partial charge in [0.1, 0.15) is 16.7 Å². The molecule has 3 rings (SSSR count). The van der Waals surface area contributed by atoms with Gasteiger partial charge in [0.2, 0.25) is 0 Å². The van der Waals surface area contributed by atoms with E-state index >= 15 is 0 Å². The molecule has 0 bridgehead atoms. The molecular weight excluding hydrogens is 388 g/mol. The number of nitro benzene ring substituents is 1. The van der Waals surface area contributed by atoms with E-state index in [1.165, 1.54) is 23.9 Å². The van der Waals surface area contributed by atoms with Crippen LogP contribution >= 0.6 is 23.4 Å². The van der Waals surface area contributed by atoms with Crippen molar-refractivity contribution in [2.75, 3.05) is 0 Å². The quantitative estimate of drug-likeness (QED) is 0.483. The van der Waals surface area contributed by atoms with E-state index in [2.05, 4.69) is 5.10 Å². The number of nitrogens with zero attached hydrogens (tertiary/aromatic N) is 4. The lowest BCUT2D eigenvalue weighted by molar-refractivity contribution is -0.384.